The number of hydrogen-bond acceptors (Lipinski definition) is 3. The maximum atomic E-state index is 5.14. The van der Waals surface area contributed by atoms with Gasteiger partial charge in [-0.05, 0) is 12.8 Å². The van der Waals surface area contributed by atoms with Crippen LogP contribution in [0.3, 0.4) is 0 Å². The molecular weight excluding hydrogens is 164 g/mol. The first-order valence-corrected chi connectivity index (χ1v) is 5.16. The highest BCUT2D eigenvalue weighted by atomic mass is 16.5. The predicted octanol–water partition coefficient (Wildman–Crippen LogP) is 1.54. The van der Waals surface area contributed by atoms with Crippen LogP contribution in [0, 0.1) is 5.41 Å². The first-order valence-electron chi connectivity index (χ1n) is 5.16. The van der Waals surface area contributed by atoms with Crippen LogP contribution < -0.4 is 5.43 Å². The van der Waals surface area contributed by atoms with Gasteiger partial charge in [-0.2, -0.15) is 5.10 Å². The van der Waals surface area contributed by atoms with Crippen LogP contribution in [0.2, 0.25) is 0 Å². The van der Waals surface area contributed by atoms with Gasteiger partial charge in [-0.1, -0.05) is 19.8 Å². The molecule has 1 heterocycles. The molecule has 1 aliphatic heterocycles. The summed E-state index contributed by atoms with van der Waals surface area (Å²) in [4.78, 5) is 0. The van der Waals surface area contributed by atoms with Gasteiger partial charge < -0.3 is 10.2 Å². The minimum atomic E-state index is 0.200. The Morgan fingerprint density at radius 3 is 2.62 bits per heavy atom. The molecule has 0 bridgehead atoms. The maximum Gasteiger partial charge on any atom is 0.0592 e. The molecule has 0 atom stereocenters. The Balaban J connectivity index is 1.71. The molecule has 3 nitrogen and oxygen atoms in total. The molecule has 1 saturated heterocycles. The highest BCUT2D eigenvalue weighted by Crippen LogP contribution is 2.23. The normalized spacial score (nSPS) is 27.8. The van der Waals surface area contributed by atoms with Gasteiger partial charge in [0.1, 0.15) is 0 Å². The summed E-state index contributed by atoms with van der Waals surface area (Å²) >= 11 is 0. The van der Waals surface area contributed by atoms with E-state index in [9.17, 15) is 0 Å². The number of nitrogens with one attached hydrogen (secondary N) is 1. The van der Waals surface area contributed by atoms with Crippen LogP contribution in [-0.4, -0.2) is 25.5 Å². The summed E-state index contributed by atoms with van der Waals surface area (Å²) in [5.41, 5.74) is 3.42. The molecule has 0 radical (unpaired) electrons. The minimum Gasteiger partial charge on any atom is -0.379 e. The van der Waals surface area contributed by atoms with E-state index in [1.54, 1.807) is 0 Å². The summed E-state index contributed by atoms with van der Waals surface area (Å²) in [5, 5.41) is 4.29. The fourth-order valence-electron chi connectivity index (χ4n) is 1.85. The van der Waals surface area contributed by atoms with Crippen LogP contribution in [0.5, 0.6) is 0 Å². The Kier molecular flexibility index (Phi) is 2.54. The van der Waals surface area contributed by atoms with E-state index in [2.05, 4.69) is 17.5 Å². The third kappa shape index (κ3) is 2.21. The zero-order valence-corrected chi connectivity index (χ0v) is 8.25. The minimum absolute atomic E-state index is 0.200. The molecule has 0 amide bonds. The summed E-state index contributed by atoms with van der Waals surface area (Å²) in [6.45, 7) is 3.82. The second-order valence-electron chi connectivity index (χ2n) is 4.52. The standard InChI is InChI=1S/C10H18N2O/c1-10(7-13-8-10)6-11-12-9-4-2-3-5-9/h6,9,12H,2-5,7-8H2,1H3/b11-6+. The third-order valence-corrected chi connectivity index (χ3v) is 2.85. The van der Waals surface area contributed by atoms with Crippen molar-refractivity contribution in [3.8, 4) is 0 Å². The summed E-state index contributed by atoms with van der Waals surface area (Å²) in [6, 6.07) is 0.626. The molecule has 0 unspecified atom stereocenters. The molecule has 2 fully saturated rings. The van der Waals surface area contributed by atoms with Gasteiger partial charge in [0.05, 0.1) is 18.6 Å². The van der Waals surface area contributed by atoms with Crippen molar-refractivity contribution in [1.82, 2.24) is 5.43 Å². The van der Waals surface area contributed by atoms with Crippen molar-refractivity contribution in [2.75, 3.05) is 13.2 Å². The third-order valence-electron chi connectivity index (χ3n) is 2.85. The molecule has 13 heavy (non-hydrogen) atoms. The molecule has 0 aromatic rings. The quantitative estimate of drug-likeness (QED) is 0.530. The average molecular weight is 182 g/mol. The van der Waals surface area contributed by atoms with Crippen molar-refractivity contribution in [1.29, 1.82) is 0 Å². The van der Waals surface area contributed by atoms with Crippen LogP contribution in [0.1, 0.15) is 32.6 Å². The van der Waals surface area contributed by atoms with Crippen molar-refractivity contribution in [2.45, 2.75) is 38.6 Å². The van der Waals surface area contributed by atoms with Gasteiger partial charge in [-0.25, -0.2) is 0 Å². The van der Waals surface area contributed by atoms with Gasteiger partial charge in [0.2, 0.25) is 0 Å². The number of hydrazone groups is 1. The van der Waals surface area contributed by atoms with Crippen LogP contribution in [0.15, 0.2) is 5.10 Å². The maximum absolute atomic E-state index is 5.14. The van der Waals surface area contributed by atoms with Crippen molar-refractivity contribution < 1.29 is 4.74 Å². The zero-order chi connectivity index (χ0) is 9.15. The fourth-order valence-corrected chi connectivity index (χ4v) is 1.85. The van der Waals surface area contributed by atoms with E-state index in [1.165, 1.54) is 25.7 Å². The fraction of sp³-hybridized carbons (Fsp3) is 0.900. The molecule has 1 aliphatic carbocycles. The second-order valence-corrected chi connectivity index (χ2v) is 4.52. The van der Waals surface area contributed by atoms with Gasteiger partial charge in [0.25, 0.3) is 0 Å². The Morgan fingerprint density at radius 2 is 2.08 bits per heavy atom. The number of nitrogens with zero attached hydrogens (tertiary/aromatic N) is 1. The van der Waals surface area contributed by atoms with Crippen molar-refractivity contribution in [2.24, 2.45) is 10.5 Å². The lowest BCUT2D eigenvalue weighted by Crippen LogP contribution is -2.41. The smallest absolute Gasteiger partial charge is 0.0592 e. The van der Waals surface area contributed by atoms with Crippen molar-refractivity contribution in [3.63, 3.8) is 0 Å². The number of rotatable bonds is 3. The summed E-state index contributed by atoms with van der Waals surface area (Å²) in [6.07, 6.45) is 7.28. The Labute approximate surface area is 79.5 Å². The first-order chi connectivity index (χ1) is 6.29. The highest BCUT2D eigenvalue weighted by molar-refractivity contribution is 5.66. The zero-order valence-electron chi connectivity index (χ0n) is 8.25. The predicted molar refractivity (Wildman–Crippen MR) is 52.8 cm³/mol. The lowest BCUT2D eigenvalue weighted by Gasteiger charge is -2.34. The van der Waals surface area contributed by atoms with E-state index in [1.807, 2.05) is 6.21 Å². The molecule has 3 heteroatoms. The van der Waals surface area contributed by atoms with Crippen LogP contribution in [0.4, 0.5) is 0 Å². The average Bonchev–Trinajstić information content (AvgIpc) is 2.54. The Hall–Kier alpha value is -0.570. The lowest BCUT2D eigenvalue weighted by molar-refractivity contribution is -0.0557. The Bertz CT molecular complexity index is 193. The first kappa shape index (κ1) is 9.00. The summed E-state index contributed by atoms with van der Waals surface area (Å²) in [5.74, 6) is 0. The SMILES string of the molecule is CC1(/C=N/NC2CCCC2)COC1. The van der Waals surface area contributed by atoms with E-state index in [4.69, 9.17) is 4.74 Å². The number of hydrogen-bond donors (Lipinski definition) is 1. The van der Waals surface area contributed by atoms with Crippen molar-refractivity contribution >= 4 is 6.21 Å². The van der Waals surface area contributed by atoms with Crippen LogP contribution in [0.25, 0.3) is 0 Å². The number of ether oxygens (including phenoxy) is 1. The molecule has 0 spiro atoms. The molecule has 0 aromatic heterocycles. The van der Waals surface area contributed by atoms with Crippen molar-refractivity contribution in [3.05, 3.63) is 0 Å². The molecule has 0 aromatic carbocycles. The highest BCUT2D eigenvalue weighted by Gasteiger charge is 2.31. The van der Waals surface area contributed by atoms with E-state index in [0.717, 1.165) is 13.2 Å². The van der Waals surface area contributed by atoms with Gasteiger partial charge in [-0.3, -0.25) is 0 Å². The van der Waals surface area contributed by atoms with E-state index in [0.29, 0.717) is 6.04 Å². The summed E-state index contributed by atoms with van der Waals surface area (Å²) < 4.78 is 5.14. The van der Waals surface area contributed by atoms with E-state index < -0.39 is 0 Å². The molecule has 1 saturated carbocycles. The van der Waals surface area contributed by atoms with Gasteiger partial charge in [-0.15, -0.1) is 0 Å². The van der Waals surface area contributed by atoms with Crippen LogP contribution in [-0.2, 0) is 4.74 Å². The molecule has 2 rings (SSSR count). The van der Waals surface area contributed by atoms with E-state index >= 15 is 0 Å². The van der Waals surface area contributed by atoms with Gasteiger partial charge in [0.15, 0.2) is 0 Å². The lowest BCUT2D eigenvalue weighted by atomic mass is 9.91. The van der Waals surface area contributed by atoms with E-state index in [-0.39, 0.29) is 5.41 Å². The molecule has 2 aliphatic rings. The molecule has 74 valence electrons. The van der Waals surface area contributed by atoms with Gasteiger partial charge in [0, 0.05) is 12.3 Å². The van der Waals surface area contributed by atoms with Crippen LogP contribution >= 0.6 is 0 Å². The Morgan fingerprint density at radius 1 is 1.38 bits per heavy atom. The summed E-state index contributed by atoms with van der Waals surface area (Å²) in [7, 11) is 0. The topological polar surface area (TPSA) is 33.6 Å². The van der Waals surface area contributed by atoms with Gasteiger partial charge >= 0.3 is 0 Å². The monoisotopic (exact) mass is 182 g/mol. The molecule has 1 N–H and O–H groups in total. The second kappa shape index (κ2) is 3.66. The largest absolute Gasteiger partial charge is 0.379 e. The molecular formula is C10H18N2O.